The Hall–Kier alpha value is -1.32. The van der Waals surface area contributed by atoms with E-state index in [1.54, 1.807) is 6.07 Å². The summed E-state index contributed by atoms with van der Waals surface area (Å²) in [5, 5.41) is 1.12. The zero-order valence-corrected chi connectivity index (χ0v) is 12.3. The monoisotopic (exact) mass is 296 g/mol. The van der Waals surface area contributed by atoms with Crippen molar-refractivity contribution in [1.29, 1.82) is 0 Å². The molecule has 0 N–H and O–H groups in total. The lowest BCUT2D eigenvalue weighted by atomic mass is 10.2. The molecule has 0 saturated carbocycles. The van der Waals surface area contributed by atoms with Gasteiger partial charge in [0.25, 0.3) is 0 Å². The zero-order valence-electron chi connectivity index (χ0n) is 10.8. The highest BCUT2D eigenvalue weighted by molar-refractivity contribution is 6.30. The molecule has 0 fully saturated rings. The highest BCUT2D eigenvalue weighted by atomic mass is 35.5. The van der Waals surface area contributed by atoms with Crippen molar-refractivity contribution in [2.24, 2.45) is 0 Å². The van der Waals surface area contributed by atoms with Gasteiger partial charge in [-0.1, -0.05) is 36.5 Å². The van der Waals surface area contributed by atoms with Crippen LogP contribution in [0.1, 0.15) is 24.5 Å². The molecule has 2 aromatic rings. The van der Waals surface area contributed by atoms with Crippen LogP contribution in [0.25, 0.3) is 0 Å². The fourth-order valence-electron chi connectivity index (χ4n) is 1.76. The molecule has 0 unspecified atom stereocenters. The molecule has 0 amide bonds. The summed E-state index contributed by atoms with van der Waals surface area (Å²) in [6, 6.07) is 5.45. The number of hydrogen-bond donors (Lipinski definition) is 0. The van der Waals surface area contributed by atoms with E-state index in [-0.39, 0.29) is 0 Å². The van der Waals surface area contributed by atoms with E-state index in [0.717, 1.165) is 29.7 Å². The van der Waals surface area contributed by atoms with Gasteiger partial charge < -0.3 is 4.74 Å². The number of halogens is 2. The zero-order chi connectivity index (χ0) is 13.8. The molecule has 0 saturated heterocycles. The minimum Gasteiger partial charge on any atom is -0.438 e. The molecular weight excluding hydrogens is 283 g/mol. The summed E-state index contributed by atoms with van der Waals surface area (Å²) in [4.78, 5) is 8.16. The minimum atomic E-state index is 0.443. The first-order valence-corrected chi connectivity index (χ1v) is 6.80. The second kappa shape index (κ2) is 6.22. The van der Waals surface area contributed by atoms with E-state index < -0.39 is 0 Å². The smallest absolute Gasteiger partial charge is 0.227 e. The number of hydrogen-bond acceptors (Lipinski definition) is 3. The molecule has 0 atom stereocenters. The molecule has 2 rings (SSSR count). The lowest BCUT2D eigenvalue weighted by Gasteiger charge is -2.12. The average molecular weight is 297 g/mol. The van der Waals surface area contributed by atoms with E-state index in [1.165, 1.54) is 6.33 Å². The van der Waals surface area contributed by atoms with Gasteiger partial charge in [-0.15, -0.1) is 0 Å². The van der Waals surface area contributed by atoms with Crippen LogP contribution in [-0.4, -0.2) is 9.97 Å². The van der Waals surface area contributed by atoms with Crippen molar-refractivity contribution >= 4 is 23.2 Å². The molecule has 19 heavy (non-hydrogen) atoms. The summed E-state index contributed by atoms with van der Waals surface area (Å²) in [7, 11) is 0. The van der Waals surface area contributed by atoms with E-state index in [9.17, 15) is 0 Å². The van der Waals surface area contributed by atoms with Gasteiger partial charge in [-0.05, 0) is 37.1 Å². The summed E-state index contributed by atoms with van der Waals surface area (Å²) in [5.74, 6) is 1.23. The number of ether oxygens (including phenoxy) is 1. The standard InChI is InChI=1S/C14H14Cl2N2O/c1-3-4-11-13(16)17-8-18-14(11)19-12-6-5-10(15)7-9(12)2/h5-8H,3-4H2,1-2H3. The molecule has 3 nitrogen and oxygen atoms in total. The maximum Gasteiger partial charge on any atom is 0.227 e. The van der Waals surface area contributed by atoms with Crippen LogP contribution >= 0.6 is 23.2 Å². The summed E-state index contributed by atoms with van der Waals surface area (Å²) in [6.45, 7) is 4.00. The summed E-state index contributed by atoms with van der Waals surface area (Å²) >= 11 is 12.0. The predicted molar refractivity (Wildman–Crippen MR) is 77.3 cm³/mol. The highest BCUT2D eigenvalue weighted by Crippen LogP contribution is 2.30. The SMILES string of the molecule is CCCc1c(Cl)ncnc1Oc1ccc(Cl)cc1C. The molecule has 0 aliphatic rings. The van der Waals surface area contributed by atoms with Crippen molar-refractivity contribution in [3.05, 3.63) is 45.8 Å². The summed E-state index contributed by atoms with van der Waals surface area (Å²) in [6.07, 6.45) is 3.13. The Bertz CT molecular complexity index is 588. The van der Waals surface area contributed by atoms with Crippen molar-refractivity contribution in [3.8, 4) is 11.6 Å². The molecule has 100 valence electrons. The number of aromatic nitrogens is 2. The number of nitrogens with zero attached hydrogens (tertiary/aromatic N) is 2. The summed E-state index contributed by atoms with van der Waals surface area (Å²) < 4.78 is 5.83. The molecule has 0 aliphatic carbocycles. The van der Waals surface area contributed by atoms with E-state index in [2.05, 4.69) is 16.9 Å². The lowest BCUT2D eigenvalue weighted by molar-refractivity contribution is 0.450. The number of aryl methyl sites for hydroxylation is 1. The third-order valence-electron chi connectivity index (χ3n) is 2.70. The normalized spacial score (nSPS) is 10.5. The molecule has 1 heterocycles. The Labute approximate surface area is 122 Å². The van der Waals surface area contributed by atoms with Crippen LogP contribution in [0.4, 0.5) is 0 Å². The van der Waals surface area contributed by atoms with Gasteiger partial charge in [-0.3, -0.25) is 0 Å². The second-order valence-corrected chi connectivity index (χ2v) is 5.00. The molecule has 5 heteroatoms. The Morgan fingerprint density at radius 3 is 2.68 bits per heavy atom. The van der Waals surface area contributed by atoms with Gasteiger partial charge in [-0.2, -0.15) is 0 Å². The lowest BCUT2D eigenvalue weighted by Crippen LogP contribution is -1.98. The Morgan fingerprint density at radius 2 is 2.00 bits per heavy atom. The molecule has 0 radical (unpaired) electrons. The molecular formula is C14H14Cl2N2O. The largest absolute Gasteiger partial charge is 0.438 e. The van der Waals surface area contributed by atoms with Gasteiger partial charge in [-0.25, -0.2) is 9.97 Å². The summed E-state index contributed by atoms with van der Waals surface area (Å²) in [5.41, 5.74) is 1.78. The van der Waals surface area contributed by atoms with Gasteiger partial charge in [0.1, 0.15) is 17.2 Å². The molecule has 0 spiro atoms. The molecule has 1 aromatic heterocycles. The van der Waals surface area contributed by atoms with E-state index in [1.807, 2.05) is 19.1 Å². The van der Waals surface area contributed by atoms with Gasteiger partial charge in [0.05, 0.1) is 5.56 Å². The van der Waals surface area contributed by atoms with E-state index in [0.29, 0.717) is 16.1 Å². The van der Waals surface area contributed by atoms with Crippen LogP contribution in [-0.2, 0) is 6.42 Å². The predicted octanol–water partition coefficient (Wildman–Crippen LogP) is 4.84. The molecule has 1 aromatic carbocycles. The van der Waals surface area contributed by atoms with Crippen molar-refractivity contribution in [3.63, 3.8) is 0 Å². The maximum absolute atomic E-state index is 6.09. The third kappa shape index (κ3) is 3.37. The first kappa shape index (κ1) is 14.1. The first-order valence-electron chi connectivity index (χ1n) is 6.05. The van der Waals surface area contributed by atoms with Crippen molar-refractivity contribution in [2.45, 2.75) is 26.7 Å². The van der Waals surface area contributed by atoms with E-state index >= 15 is 0 Å². The van der Waals surface area contributed by atoms with Gasteiger partial charge in [0.15, 0.2) is 0 Å². The van der Waals surface area contributed by atoms with Crippen LogP contribution in [0.5, 0.6) is 11.6 Å². The average Bonchev–Trinajstić information content (AvgIpc) is 2.37. The minimum absolute atomic E-state index is 0.443. The number of benzene rings is 1. The van der Waals surface area contributed by atoms with Crippen LogP contribution in [0.2, 0.25) is 10.2 Å². The molecule has 0 aliphatic heterocycles. The van der Waals surface area contributed by atoms with Crippen molar-refractivity contribution in [2.75, 3.05) is 0 Å². The third-order valence-corrected chi connectivity index (χ3v) is 3.26. The van der Waals surface area contributed by atoms with E-state index in [4.69, 9.17) is 27.9 Å². The quantitative estimate of drug-likeness (QED) is 0.758. The Morgan fingerprint density at radius 1 is 1.21 bits per heavy atom. The van der Waals surface area contributed by atoms with Crippen LogP contribution in [0.3, 0.4) is 0 Å². The maximum atomic E-state index is 6.09. The van der Waals surface area contributed by atoms with Crippen LogP contribution < -0.4 is 4.74 Å². The topological polar surface area (TPSA) is 35.0 Å². The Kier molecular flexibility index (Phi) is 4.61. The van der Waals surface area contributed by atoms with Gasteiger partial charge in [0, 0.05) is 5.02 Å². The van der Waals surface area contributed by atoms with Crippen molar-refractivity contribution < 1.29 is 4.74 Å². The first-order chi connectivity index (χ1) is 9.11. The highest BCUT2D eigenvalue weighted by Gasteiger charge is 2.12. The van der Waals surface area contributed by atoms with Gasteiger partial charge in [0.2, 0.25) is 5.88 Å². The fraction of sp³-hybridized carbons (Fsp3) is 0.286. The van der Waals surface area contributed by atoms with Crippen LogP contribution in [0, 0.1) is 6.92 Å². The van der Waals surface area contributed by atoms with Gasteiger partial charge >= 0.3 is 0 Å². The van der Waals surface area contributed by atoms with Crippen molar-refractivity contribution in [1.82, 2.24) is 9.97 Å². The second-order valence-electron chi connectivity index (χ2n) is 4.21. The Balaban J connectivity index is 2.35. The number of rotatable bonds is 4. The van der Waals surface area contributed by atoms with Crippen LogP contribution in [0.15, 0.2) is 24.5 Å². The molecule has 0 bridgehead atoms. The fourth-order valence-corrected chi connectivity index (χ4v) is 2.20.